The van der Waals surface area contributed by atoms with Crippen LogP contribution < -0.4 is 19.1 Å². The number of thioether (sulfide) groups is 1. The Morgan fingerprint density at radius 3 is 2.35 bits per heavy atom. The molecule has 1 aliphatic heterocycles. The van der Waals surface area contributed by atoms with Gasteiger partial charge in [0.05, 0.1) is 5.69 Å². The summed E-state index contributed by atoms with van der Waals surface area (Å²) in [6.07, 6.45) is 0.819. The summed E-state index contributed by atoms with van der Waals surface area (Å²) in [6.45, 7) is 3.88. The van der Waals surface area contributed by atoms with Crippen molar-refractivity contribution >= 4 is 35.3 Å². The topological polar surface area (TPSA) is 121 Å². The highest BCUT2D eigenvalue weighted by Crippen LogP contribution is 2.44. The van der Waals surface area contributed by atoms with Gasteiger partial charge in [-0.25, -0.2) is 0 Å². The number of esters is 2. The van der Waals surface area contributed by atoms with Gasteiger partial charge in [0.2, 0.25) is 23.2 Å². The van der Waals surface area contributed by atoms with Gasteiger partial charge >= 0.3 is 11.9 Å². The number of ether oxygens (including phenoxy) is 3. The van der Waals surface area contributed by atoms with Crippen molar-refractivity contribution in [3.8, 4) is 28.6 Å². The molecule has 1 amide bonds. The lowest BCUT2D eigenvalue weighted by molar-refractivity contribution is -0.134. The summed E-state index contributed by atoms with van der Waals surface area (Å²) in [5, 5.41) is 8.81. The summed E-state index contributed by atoms with van der Waals surface area (Å²) in [4.78, 5) is 42.0. The standard InChI is InChI=1S/C23H20N4O6S/c1-12(28)27-17-8-6-5-7-16(17)20-21(24-23(34-4)26-25-20)33-22(27)15-9-10-18(31-13(2)29)19(11-15)32-14(3)30/h5-11,22H,1-4H3. The first-order chi connectivity index (χ1) is 16.3. The molecule has 2 heterocycles. The van der Waals surface area contributed by atoms with Crippen LogP contribution in [-0.2, 0) is 14.4 Å². The number of carbonyl (C=O) groups is 3. The molecule has 0 spiro atoms. The fourth-order valence-electron chi connectivity index (χ4n) is 3.51. The molecule has 0 bridgehead atoms. The highest BCUT2D eigenvalue weighted by Gasteiger charge is 2.35. The number of aromatic nitrogens is 3. The Labute approximate surface area is 199 Å². The number of nitrogens with zero attached hydrogens (tertiary/aromatic N) is 4. The smallest absolute Gasteiger partial charge is 0.308 e. The zero-order chi connectivity index (χ0) is 24.4. The molecule has 3 aromatic rings. The minimum atomic E-state index is -0.994. The molecule has 2 aromatic carbocycles. The van der Waals surface area contributed by atoms with Crippen LogP contribution in [0.15, 0.2) is 47.6 Å². The number of hydrogen-bond donors (Lipinski definition) is 0. The normalized spacial score (nSPS) is 14.2. The number of benzene rings is 2. The van der Waals surface area contributed by atoms with Crippen molar-refractivity contribution in [3.05, 3.63) is 48.0 Å². The van der Waals surface area contributed by atoms with Crippen molar-refractivity contribution in [1.82, 2.24) is 15.2 Å². The summed E-state index contributed by atoms with van der Waals surface area (Å²) in [7, 11) is 0. The maximum absolute atomic E-state index is 12.9. The van der Waals surface area contributed by atoms with Gasteiger partial charge in [0.25, 0.3) is 0 Å². The van der Waals surface area contributed by atoms with Gasteiger partial charge in [0.15, 0.2) is 17.2 Å². The van der Waals surface area contributed by atoms with Gasteiger partial charge < -0.3 is 14.2 Å². The van der Waals surface area contributed by atoms with Gasteiger partial charge in [0.1, 0.15) is 0 Å². The van der Waals surface area contributed by atoms with Crippen LogP contribution in [0.5, 0.6) is 17.4 Å². The summed E-state index contributed by atoms with van der Waals surface area (Å²) in [5.41, 5.74) is 2.01. The monoisotopic (exact) mass is 480 g/mol. The number of para-hydroxylation sites is 1. The number of fused-ring (bicyclic) bond motifs is 3. The highest BCUT2D eigenvalue weighted by atomic mass is 32.2. The first kappa shape index (κ1) is 23.2. The van der Waals surface area contributed by atoms with Crippen molar-refractivity contribution in [1.29, 1.82) is 0 Å². The van der Waals surface area contributed by atoms with E-state index >= 15 is 0 Å². The zero-order valence-corrected chi connectivity index (χ0v) is 19.6. The number of amides is 1. The van der Waals surface area contributed by atoms with Crippen LogP contribution in [-0.4, -0.2) is 39.3 Å². The van der Waals surface area contributed by atoms with E-state index in [2.05, 4.69) is 15.2 Å². The Bertz CT molecular complexity index is 1300. The van der Waals surface area contributed by atoms with Crippen molar-refractivity contribution in [2.45, 2.75) is 32.2 Å². The van der Waals surface area contributed by atoms with Crippen LogP contribution in [0.2, 0.25) is 0 Å². The molecule has 0 N–H and O–H groups in total. The third kappa shape index (κ3) is 4.55. The number of carbonyl (C=O) groups excluding carboxylic acids is 3. The summed E-state index contributed by atoms with van der Waals surface area (Å²) in [6, 6.07) is 11.8. The predicted octanol–water partition coefficient (Wildman–Crippen LogP) is 3.56. The molecule has 1 aromatic heterocycles. The fourth-order valence-corrected chi connectivity index (χ4v) is 3.80. The van der Waals surface area contributed by atoms with E-state index in [1.54, 1.807) is 24.3 Å². The Morgan fingerprint density at radius 1 is 0.971 bits per heavy atom. The maximum atomic E-state index is 12.9. The molecule has 1 aliphatic rings. The molecule has 0 saturated heterocycles. The molecule has 10 nitrogen and oxygen atoms in total. The Morgan fingerprint density at radius 2 is 1.68 bits per heavy atom. The van der Waals surface area contributed by atoms with Crippen molar-refractivity contribution in [2.75, 3.05) is 11.2 Å². The van der Waals surface area contributed by atoms with Crippen molar-refractivity contribution in [2.24, 2.45) is 0 Å². The van der Waals surface area contributed by atoms with Crippen LogP contribution in [0.25, 0.3) is 11.3 Å². The van der Waals surface area contributed by atoms with Gasteiger partial charge in [-0.15, -0.1) is 10.2 Å². The van der Waals surface area contributed by atoms with Gasteiger partial charge in [-0.3, -0.25) is 19.3 Å². The van der Waals surface area contributed by atoms with E-state index < -0.39 is 18.2 Å². The molecule has 11 heteroatoms. The van der Waals surface area contributed by atoms with Crippen LogP contribution in [0.3, 0.4) is 0 Å². The largest absolute Gasteiger partial charge is 0.447 e. The van der Waals surface area contributed by atoms with Gasteiger partial charge in [-0.2, -0.15) is 4.98 Å². The zero-order valence-electron chi connectivity index (χ0n) is 18.8. The van der Waals surface area contributed by atoms with E-state index in [-0.39, 0.29) is 23.3 Å². The Kier molecular flexibility index (Phi) is 6.46. The van der Waals surface area contributed by atoms with Crippen LogP contribution in [0, 0.1) is 0 Å². The second kappa shape index (κ2) is 9.48. The predicted molar refractivity (Wildman–Crippen MR) is 123 cm³/mol. The van der Waals surface area contributed by atoms with Gasteiger partial charge in [-0.05, 0) is 30.5 Å². The van der Waals surface area contributed by atoms with Gasteiger partial charge in [0, 0.05) is 31.9 Å². The molecule has 34 heavy (non-hydrogen) atoms. The van der Waals surface area contributed by atoms with Crippen molar-refractivity contribution < 1.29 is 28.6 Å². The van der Waals surface area contributed by atoms with E-state index in [0.29, 0.717) is 27.7 Å². The number of rotatable bonds is 4. The third-order valence-corrected chi connectivity index (χ3v) is 5.33. The summed E-state index contributed by atoms with van der Waals surface area (Å²) in [5.74, 6) is -1.22. The van der Waals surface area contributed by atoms with Crippen LogP contribution in [0.4, 0.5) is 5.69 Å². The lowest BCUT2D eigenvalue weighted by atomic mass is 10.1. The lowest BCUT2D eigenvalue weighted by Gasteiger charge is -2.30. The molecule has 1 unspecified atom stereocenters. The molecular weight excluding hydrogens is 460 g/mol. The van der Waals surface area contributed by atoms with Gasteiger partial charge in [-0.1, -0.05) is 30.0 Å². The number of anilines is 1. The molecule has 0 aliphatic carbocycles. The number of hydrogen-bond acceptors (Lipinski definition) is 10. The maximum Gasteiger partial charge on any atom is 0.308 e. The van der Waals surface area contributed by atoms with E-state index in [4.69, 9.17) is 14.2 Å². The minimum Gasteiger partial charge on any atom is -0.447 e. The second-order valence-electron chi connectivity index (χ2n) is 7.22. The quantitative estimate of drug-likeness (QED) is 0.311. The van der Waals surface area contributed by atoms with E-state index in [9.17, 15) is 14.4 Å². The Balaban J connectivity index is 1.91. The summed E-state index contributed by atoms with van der Waals surface area (Å²) < 4.78 is 16.7. The molecule has 0 radical (unpaired) electrons. The average Bonchev–Trinajstić information content (AvgIpc) is 2.93. The minimum absolute atomic E-state index is 0.00988. The molecule has 1 atom stereocenters. The highest BCUT2D eigenvalue weighted by molar-refractivity contribution is 7.98. The Hall–Kier alpha value is -3.99. The van der Waals surface area contributed by atoms with Crippen LogP contribution in [0.1, 0.15) is 32.6 Å². The summed E-state index contributed by atoms with van der Waals surface area (Å²) >= 11 is 1.30. The second-order valence-corrected chi connectivity index (χ2v) is 8.00. The van der Waals surface area contributed by atoms with E-state index in [0.717, 1.165) is 0 Å². The van der Waals surface area contributed by atoms with E-state index in [1.807, 2.05) is 12.3 Å². The average molecular weight is 481 g/mol. The van der Waals surface area contributed by atoms with Crippen molar-refractivity contribution in [3.63, 3.8) is 0 Å². The lowest BCUT2D eigenvalue weighted by Crippen LogP contribution is -2.36. The first-order valence-corrected chi connectivity index (χ1v) is 11.4. The SMILES string of the molecule is CSc1nnc2c(n1)OC(c1ccc(OC(C)=O)c(OC(C)=O)c1)N(C(C)=O)c1ccccc1-2. The molecular formula is C23H20N4O6S. The molecule has 0 fully saturated rings. The molecule has 4 rings (SSSR count). The molecule has 174 valence electrons. The fraction of sp³-hybridized carbons (Fsp3) is 0.217. The molecule has 0 saturated carbocycles. The third-order valence-electron chi connectivity index (χ3n) is 4.79. The van der Waals surface area contributed by atoms with Crippen LogP contribution >= 0.6 is 11.8 Å². The van der Waals surface area contributed by atoms with E-state index in [1.165, 1.54) is 49.6 Å². The first-order valence-electron chi connectivity index (χ1n) is 10.1.